The lowest BCUT2D eigenvalue weighted by Gasteiger charge is -2.06. The van der Waals surface area contributed by atoms with Gasteiger partial charge >= 0.3 is 5.97 Å². The van der Waals surface area contributed by atoms with Crippen molar-refractivity contribution in [1.82, 2.24) is 0 Å². The van der Waals surface area contributed by atoms with Crippen molar-refractivity contribution in [3.63, 3.8) is 0 Å². The monoisotopic (exact) mass is 388 g/mol. The third kappa shape index (κ3) is 8.60. The van der Waals surface area contributed by atoms with Gasteiger partial charge in [-0.1, -0.05) is 47.5 Å². The second-order valence-corrected chi connectivity index (χ2v) is 5.79. The lowest BCUT2D eigenvalue weighted by molar-refractivity contribution is -0.114. The summed E-state index contributed by atoms with van der Waals surface area (Å²) in [6.07, 6.45) is 2.56. The summed E-state index contributed by atoms with van der Waals surface area (Å²) in [5, 5.41) is 8.71. The van der Waals surface area contributed by atoms with E-state index in [1.807, 2.05) is 25.1 Å². The van der Waals surface area contributed by atoms with Crippen LogP contribution < -0.4 is 16.2 Å². The van der Waals surface area contributed by atoms with Crippen molar-refractivity contribution < 1.29 is 19.4 Å². The highest BCUT2D eigenvalue weighted by Gasteiger charge is 2.06. The van der Waals surface area contributed by atoms with Gasteiger partial charge < -0.3 is 21.3 Å². The summed E-state index contributed by atoms with van der Waals surface area (Å²) in [5.74, 6) is -0.826. The molecule has 0 unspecified atom stereocenters. The van der Waals surface area contributed by atoms with E-state index in [1.165, 1.54) is 12.3 Å². The minimum Gasteiger partial charge on any atom is -0.489 e. The first kappa shape index (κ1) is 21.8. The molecule has 0 aliphatic rings. The standard InChI is InChI=1S/C12H13ClN2O2.C8H8O2/c13-10(7-14)6-9(12(15)16)8-17-11-4-2-1-3-5-11;1-6-2-4-7(5-3-6)8(9)10/h1-7H,8,14H2,(H2,15,16);2-5H,1H3,(H,9,10)/b9-6+,10-7+;. The molecule has 0 spiro atoms. The maximum Gasteiger partial charge on any atom is 0.335 e. The number of carbonyl (C=O) groups is 2. The second kappa shape index (κ2) is 11.4. The zero-order chi connectivity index (χ0) is 20.2. The molecule has 0 saturated heterocycles. The molecule has 2 rings (SSSR count). The average Bonchev–Trinajstić information content (AvgIpc) is 2.66. The molecular weight excluding hydrogens is 368 g/mol. The molecule has 0 atom stereocenters. The van der Waals surface area contributed by atoms with Gasteiger partial charge in [0, 0.05) is 6.20 Å². The predicted octanol–water partition coefficient (Wildman–Crippen LogP) is 3.21. The van der Waals surface area contributed by atoms with E-state index < -0.39 is 11.9 Å². The van der Waals surface area contributed by atoms with Crippen LogP contribution in [-0.2, 0) is 4.79 Å². The van der Waals surface area contributed by atoms with Crippen LogP contribution >= 0.6 is 11.6 Å². The number of halogens is 1. The van der Waals surface area contributed by atoms with E-state index in [2.05, 4.69) is 0 Å². The van der Waals surface area contributed by atoms with E-state index in [0.29, 0.717) is 11.3 Å². The van der Waals surface area contributed by atoms with Gasteiger partial charge in [-0.2, -0.15) is 0 Å². The lowest BCUT2D eigenvalue weighted by atomic mass is 10.2. The Hall–Kier alpha value is -3.25. The van der Waals surface area contributed by atoms with Crippen LogP contribution in [0.5, 0.6) is 5.75 Å². The number of benzene rings is 2. The van der Waals surface area contributed by atoms with Gasteiger partial charge in [0.15, 0.2) is 0 Å². The molecule has 5 N–H and O–H groups in total. The molecule has 0 heterocycles. The Kier molecular flexibility index (Phi) is 9.19. The first-order valence-corrected chi connectivity index (χ1v) is 8.27. The lowest BCUT2D eigenvalue weighted by Crippen LogP contribution is -2.19. The quantitative estimate of drug-likeness (QED) is 0.519. The maximum absolute atomic E-state index is 11.1. The van der Waals surface area contributed by atoms with Crippen molar-refractivity contribution in [1.29, 1.82) is 0 Å². The molecule has 0 fully saturated rings. The summed E-state index contributed by atoms with van der Waals surface area (Å²) in [6, 6.07) is 15.8. The van der Waals surface area contributed by atoms with Gasteiger partial charge in [0.1, 0.15) is 12.4 Å². The molecule has 1 amide bonds. The van der Waals surface area contributed by atoms with E-state index in [9.17, 15) is 9.59 Å². The predicted molar refractivity (Wildman–Crippen MR) is 105 cm³/mol. The molecule has 142 valence electrons. The summed E-state index contributed by atoms with van der Waals surface area (Å²) in [6.45, 7) is 1.97. The van der Waals surface area contributed by atoms with E-state index in [4.69, 9.17) is 32.9 Å². The number of carboxylic acid groups (broad SMARTS) is 1. The topological polar surface area (TPSA) is 116 Å². The number of ether oxygens (including phenoxy) is 1. The number of carbonyl (C=O) groups excluding carboxylic acids is 1. The minimum atomic E-state index is -0.875. The normalized spacial score (nSPS) is 11.2. The number of aryl methyl sites for hydroxylation is 1. The Balaban J connectivity index is 0.000000309. The largest absolute Gasteiger partial charge is 0.489 e. The molecule has 0 aliphatic heterocycles. The Bertz CT molecular complexity index is 816. The van der Waals surface area contributed by atoms with Crippen molar-refractivity contribution in [2.24, 2.45) is 11.5 Å². The van der Waals surface area contributed by atoms with Crippen molar-refractivity contribution >= 4 is 23.5 Å². The molecule has 7 heteroatoms. The summed E-state index contributed by atoms with van der Waals surface area (Å²) < 4.78 is 5.38. The summed E-state index contributed by atoms with van der Waals surface area (Å²) in [4.78, 5) is 21.4. The van der Waals surface area contributed by atoms with Crippen LogP contribution in [0.2, 0.25) is 0 Å². The first-order chi connectivity index (χ1) is 12.8. The van der Waals surface area contributed by atoms with Crippen LogP contribution in [0.4, 0.5) is 0 Å². The maximum atomic E-state index is 11.1. The van der Waals surface area contributed by atoms with E-state index in [1.54, 1.807) is 36.4 Å². The van der Waals surface area contributed by atoms with Crippen LogP contribution in [0.1, 0.15) is 15.9 Å². The zero-order valence-corrected chi connectivity index (χ0v) is 15.5. The van der Waals surface area contributed by atoms with Crippen LogP contribution in [0, 0.1) is 6.92 Å². The molecule has 27 heavy (non-hydrogen) atoms. The minimum absolute atomic E-state index is 0.0450. The highest BCUT2D eigenvalue weighted by atomic mass is 35.5. The number of rotatable bonds is 6. The van der Waals surface area contributed by atoms with Gasteiger partial charge in [0.2, 0.25) is 5.91 Å². The molecule has 2 aromatic carbocycles. The Morgan fingerprint density at radius 3 is 2.19 bits per heavy atom. The highest BCUT2D eigenvalue weighted by molar-refractivity contribution is 6.31. The fourth-order valence-corrected chi connectivity index (χ4v) is 1.90. The third-order valence-electron chi connectivity index (χ3n) is 3.22. The van der Waals surface area contributed by atoms with Crippen molar-refractivity contribution in [3.8, 4) is 5.75 Å². The fourth-order valence-electron chi connectivity index (χ4n) is 1.77. The molecule has 0 aromatic heterocycles. The molecule has 0 radical (unpaired) electrons. The summed E-state index contributed by atoms with van der Waals surface area (Å²) >= 11 is 5.68. The molecule has 0 bridgehead atoms. The summed E-state index contributed by atoms with van der Waals surface area (Å²) in [7, 11) is 0. The third-order valence-corrected chi connectivity index (χ3v) is 3.46. The molecule has 2 aromatic rings. The number of hydrogen-bond acceptors (Lipinski definition) is 4. The average molecular weight is 389 g/mol. The molecule has 0 aliphatic carbocycles. The van der Waals surface area contributed by atoms with Gasteiger partial charge in [-0.15, -0.1) is 0 Å². The number of amides is 1. The SMILES string of the molecule is Cc1ccc(C(=O)O)cc1.N/C=C(Cl)\C=C(/COc1ccccc1)C(N)=O. The van der Waals surface area contributed by atoms with Crippen LogP contribution in [-0.4, -0.2) is 23.6 Å². The smallest absolute Gasteiger partial charge is 0.335 e. The van der Waals surface area contributed by atoms with Crippen LogP contribution in [0.15, 0.2) is 77.5 Å². The molecular formula is C20H21ClN2O4. The number of allylic oxidation sites excluding steroid dienone is 2. The van der Waals surface area contributed by atoms with E-state index >= 15 is 0 Å². The number of nitrogens with two attached hydrogens (primary N) is 2. The Morgan fingerprint density at radius 2 is 1.70 bits per heavy atom. The van der Waals surface area contributed by atoms with Gasteiger partial charge in [-0.05, 0) is 37.3 Å². The van der Waals surface area contributed by atoms with Gasteiger partial charge in [0.05, 0.1) is 16.2 Å². The molecule has 6 nitrogen and oxygen atoms in total. The van der Waals surface area contributed by atoms with Crippen molar-refractivity contribution in [3.05, 3.63) is 88.6 Å². The van der Waals surface area contributed by atoms with E-state index in [-0.39, 0.29) is 17.2 Å². The fraction of sp³-hybridized carbons (Fsp3) is 0.100. The Morgan fingerprint density at radius 1 is 1.11 bits per heavy atom. The Labute approximate surface area is 162 Å². The zero-order valence-electron chi connectivity index (χ0n) is 14.8. The number of para-hydroxylation sites is 1. The number of aromatic carboxylic acids is 1. The molecule has 0 saturated carbocycles. The van der Waals surface area contributed by atoms with Crippen molar-refractivity contribution in [2.75, 3.05) is 6.61 Å². The van der Waals surface area contributed by atoms with Crippen LogP contribution in [0.3, 0.4) is 0 Å². The van der Waals surface area contributed by atoms with E-state index in [0.717, 1.165) is 5.56 Å². The number of carboxylic acids is 1. The van der Waals surface area contributed by atoms with Crippen molar-refractivity contribution in [2.45, 2.75) is 6.92 Å². The second-order valence-electron chi connectivity index (χ2n) is 5.36. The highest BCUT2D eigenvalue weighted by Crippen LogP contribution is 2.11. The summed E-state index contributed by atoms with van der Waals surface area (Å²) in [5.41, 5.74) is 12.0. The number of hydrogen-bond donors (Lipinski definition) is 3. The first-order valence-electron chi connectivity index (χ1n) is 7.89. The van der Waals surface area contributed by atoms with Gasteiger partial charge in [0.25, 0.3) is 0 Å². The van der Waals surface area contributed by atoms with Gasteiger partial charge in [-0.3, -0.25) is 4.79 Å². The number of primary amides is 1. The van der Waals surface area contributed by atoms with Gasteiger partial charge in [-0.25, -0.2) is 4.79 Å². The van der Waals surface area contributed by atoms with Crippen LogP contribution in [0.25, 0.3) is 0 Å².